The summed E-state index contributed by atoms with van der Waals surface area (Å²) in [6.45, 7) is 6.53. The zero-order valence-electron chi connectivity index (χ0n) is 15.8. The number of allylic oxidation sites excluding steroid dienone is 3. The van der Waals surface area contributed by atoms with Gasteiger partial charge >= 0.3 is 5.97 Å². The van der Waals surface area contributed by atoms with E-state index in [-0.39, 0.29) is 5.76 Å². The van der Waals surface area contributed by atoms with Crippen molar-refractivity contribution in [3.05, 3.63) is 41.7 Å². The van der Waals surface area contributed by atoms with Crippen LogP contribution in [0.1, 0.15) is 39.2 Å². The Kier molecular flexibility index (Phi) is 7.34. The van der Waals surface area contributed by atoms with Gasteiger partial charge in [0.25, 0.3) is 0 Å². The van der Waals surface area contributed by atoms with Crippen LogP contribution in [0.2, 0.25) is 0 Å². The first-order valence-electron chi connectivity index (χ1n) is 9.01. The number of ether oxygens (including phenoxy) is 3. The minimum absolute atomic E-state index is 0.193. The number of unbranched alkanes of at least 4 members (excludes halogenated alkanes) is 1. The molecule has 0 spiro atoms. The number of carbonyl (C=O) groups is 3. The van der Waals surface area contributed by atoms with Gasteiger partial charge in [-0.1, -0.05) is 25.5 Å². The molecule has 1 aromatic carbocycles. The van der Waals surface area contributed by atoms with Gasteiger partial charge in [-0.3, -0.25) is 14.4 Å². The number of esters is 1. The average molecular weight is 372 g/mol. The Bertz CT molecular complexity index is 775. The summed E-state index contributed by atoms with van der Waals surface area (Å²) in [7, 11) is 0. The highest BCUT2D eigenvalue weighted by Gasteiger charge is 2.36. The van der Waals surface area contributed by atoms with Crippen molar-refractivity contribution in [3.8, 4) is 11.5 Å². The first-order valence-corrected chi connectivity index (χ1v) is 9.01. The second-order valence-corrected chi connectivity index (χ2v) is 6.09. The van der Waals surface area contributed by atoms with E-state index in [1.165, 1.54) is 19.1 Å². The molecule has 1 unspecified atom stereocenters. The molecule has 0 aliphatic carbocycles. The summed E-state index contributed by atoms with van der Waals surface area (Å²) in [6.07, 6.45) is 5.88. The molecule has 2 rings (SSSR count). The lowest BCUT2D eigenvalue weighted by atomic mass is 9.96. The Morgan fingerprint density at radius 2 is 1.96 bits per heavy atom. The maximum atomic E-state index is 12.3. The van der Waals surface area contributed by atoms with E-state index >= 15 is 0 Å². The smallest absolute Gasteiger partial charge is 0.329 e. The van der Waals surface area contributed by atoms with Gasteiger partial charge in [-0.25, -0.2) is 0 Å². The van der Waals surface area contributed by atoms with Crippen LogP contribution in [0, 0.1) is 5.92 Å². The average Bonchev–Trinajstić information content (AvgIpc) is 2.61. The molecule has 1 aliphatic heterocycles. The minimum atomic E-state index is -1.44. The highest BCUT2D eigenvalue weighted by molar-refractivity contribution is 6.25. The molecule has 0 radical (unpaired) electrons. The molecule has 1 heterocycles. The van der Waals surface area contributed by atoms with E-state index < -0.39 is 23.5 Å². The van der Waals surface area contributed by atoms with Crippen molar-refractivity contribution >= 4 is 23.6 Å². The van der Waals surface area contributed by atoms with Crippen LogP contribution in [0.5, 0.6) is 11.5 Å². The van der Waals surface area contributed by atoms with Crippen molar-refractivity contribution in [1.29, 1.82) is 0 Å². The third-order valence-electron chi connectivity index (χ3n) is 3.87. The Hall–Kier alpha value is -2.89. The van der Waals surface area contributed by atoms with Gasteiger partial charge < -0.3 is 14.2 Å². The molecule has 1 atom stereocenters. The fourth-order valence-electron chi connectivity index (χ4n) is 2.52. The Morgan fingerprint density at radius 1 is 1.19 bits per heavy atom. The Morgan fingerprint density at radius 3 is 2.63 bits per heavy atom. The number of hydrogen-bond acceptors (Lipinski definition) is 6. The highest BCUT2D eigenvalue weighted by Crippen LogP contribution is 2.29. The number of cyclic esters (lactones) is 1. The van der Waals surface area contributed by atoms with E-state index in [4.69, 9.17) is 14.2 Å². The maximum Gasteiger partial charge on any atom is 0.329 e. The van der Waals surface area contributed by atoms with Gasteiger partial charge in [-0.05, 0) is 44.0 Å². The number of carbonyl (C=O) groups excluding carboxylic acids is 3. The summed E-state index contributed by atoms with van der Waals surface area (Å²) < 4.78 is 16.2. The SMILES string of the molecule is CCCCOc1ccc(C=CC(=O)C2C(=O)C=C(C)OC2=O)cc1OCC. The van der Waals surface area contributed by atoms with Gasteiger partial charge in [-0.15, -0.1) is 0 Å². The van der Waals surface area contributed by atoms with Crippen molar-refractivity contribution in [1.82, 2.24) is 0 Å². The van der Waals surface area contributed by atoms with E-state index in [2.05, 4.69) is 6.92 Å². The van der Waals surface area contributed by atoms with Crippen LogP contribution in [0.3, 0.4) is 0 Å². The molecule has 0 saturated carbocycles. The van der Waals surface area contributed by atoms with Gasteiger partial charge in [0.15, 0.2) is 29.0 Å². The second-order valence-electron chi connectivity index (χ2n) is 6.09. The lowest BCUT2D eigenvalue weighted by Gasteiger charge is -2.15. The monoisotopic (exact) mass is 372 g/mol. The van der Waals surface area contributed by atoms with E-state index in [9.17, 15) is 14.4 Å². The summed E-state index contributed by atoms with van der Waals surface area (Å²) >= 11 is 0. The summed E-state index contributed by atoms with van der Waals surface area (Å²) in [5.41, 5.74) is 0.693. The third kappa shape index (κ3) is 5.54. The van der Waals surface area contributed by atoms with Crippen molar-refractivity contribution in [2.24, 2.45) is 5.92 Å². The molecule has 0 saturated heterocycles. The third-order valence-corrected chi connectivity index (χ3v) is 3.87. The molecular formula is C21H24O6. The number of hydrogen-bond donors (Lipinski definition) is 0. The molecule has 0 bridgehead atoms. The lowest BCUT2D eigenvalue weighted by Crippen LogP contribution is -2.34. The molecule has 27 heavy (non-hydrogen) atoms. The van der Waals surface area contributed by atoms with Crippen LogP contribution < -0.4 is 9.47 Å². The summed E-state index contributed by atoms with van der Waals surface area (Å²) in [5.74, 6) is -2.05. The normalized spacial score (nSPS) is 16.9. The Balaban J connectivity index is 2.13. The first-order chi connectivity index (χ1) is 13.0. The predicted molar refractivity (Wildman–Crippen MR) is 100 cm³/mol. The molecular weight excluding hydrogens is 348 g/mol. The van der Waals surface area contributed by atoms with Crippen molar-refractivity contribution in [3.63, 3.8) is 0 Å². The number of rotatable bonds is 9. The second kappa shape index (κ2) is 9.71. The van der Waals surface area contributed by atoms with Crippen molar-refractivity contribution in [2.45, 2.75) is 33.6 Å². The van der Waals surface area contributed by atoms with Gasteiger partial charge in [0.05, 0.1) is 13.2 Å². The van der Waals surface area contributed by atoms with E-state index in [1.807, 2.05) is 6.92 Å². The van der Waals surface area contributed by atoms with Crippen LogP contribution in [0.4, 0.5) is 0 Å². The van der Waals surface area contributed by atoms with Crippen LogP contribution in [-0.2, 0) is 19.1 Å². The predicted octanol–water partition coefficient (Wildman–Crippen LogP) is 3.49. The standard InChI is InChI=1S/C21H24O6/c1-4-6-11-26-18-10-8-15(13-19(18)25-5-2)7-9-16(22)20-17(23)12-14(3)27-21(20)24/h7-10,12-13,20H,4-6,11H2,1-3H3. The summed E-state index contributed by atoms with van der Waals surface area (Å²) in [5, 5.41) is 0. The molecule has 1 aliphatic rings. The quantitative estimate of drug-likeness (QED) is 0.286. The van der Waals surface area contributed by atoms with Gasteiger partial charge in [0.1, 0.15) is 5.76 Å². The molecule has 0 amide bonds. The van der Waals surface area contributed by atoms with E-state index in [0.29, 0.717) is 30.3 Å². The molecule has 6 nitrogen and oxygen atoms in total. The molecule has 0 aromatic heterocycles. The topological polar surface area (TPSA) is 78.9 Å². The summed E-state index contributed by atoms with van der Waals surface area (Å²) in [6, 6.07) is 5.30. The number of ketones is 2. The highest BCUT2D eigenvalue weighted by atomic mass is 16.5. The molecule has 1 aromatic rings. The van der Waals surface area contributed by atoms with Crippen LogP contribution in [-0.4, -0.2) is 30.7 Å². The van der Waals surface area contributed by atoms with Crippen LogP contribution in [0.25, 0.3) is 6.08 Å². The molecule has 0 N–H and O–H groups in total. The zero-order valence-corrected chi connectivity index (χ0v) is 15.8. The molecule has 144 valence electrons. The maximum absolute atomic E-state index is 12.3. The van der Waals surface area contributed by atoms with Crippen molar-refractivity contribution < 1.29 is 28.6 Å². The van der Waals surface area contributed by atoms with Gasteiger partial charge in [0.2, 0.25) is 0 Å². The Labute approximate surface area is 158 Å². The molecule has 0 fully saturated rings. The van der Waals surface area contributed by atoms with E-state index in [0.717, 1.165) is 18.9 Å². The minimum Gasteiger partial charge on any atom is -0.490 e. The fraction of sp³-hybridized carbons (Fsp3) is 0.381. The van der Waals surface area contributed by atoms with Gasteiger partial charge in [-0.2, -0.15) is 0 Å². The van der Waals surface area contributed by atoms with Crippen LogP contribution >= 0.6 is 0 Å². The number of benzene rings is 1. The fourth-order valence-corrected chi connectivity index (χ4v) is 2.52. The zero-order chi connectivity index (χ0) is 19.8. The van der Waals surface area contributed by atoms with Gasteiger partial charge in [0, 0.05) is 6.08 Å². The lowest BCUT2D eigenvalue weighted by molar-refractivity contribution is -0.151. The first kappa shape index (κ1) is 20.4. The van der Waals surface area contributed by atoms with Crippen molar-refractivity contribution in [2.75, 3.05) is 13.2 Å². The summed E-state index contributed by atoms with van der Waals surface area (Å²) in [4.78, 5) is 36.0. The largest absolute Gasteiger partial charge is 0.490 e. The molecule has 6 heteroatoms. The van der Waals surface area contributed by atoms with Crippen LogP contribution in [0.15, 0.2) is 36.1 Å². The van der Waals surface area contributed by atoms with E-state index in [1.54, 1.807) is 18.2 Å².